The van der Waals surface area contributed by atoms with Crippen molar-refractivity contribution in [1.82, 2.24) is 5.20 Å². The smallest absolute Gasteiger partial charge is 0.448 e. The Morgan fingerprint density at radius 3 is 2.06 bits per heavy atom. The lowest BCUT2D eigenvalue weighted by atomic mass is 10.5. The quantitative estimate of drug-likeness (QED) is 0.406. The summed E-state index contributed by atoms with van der Waals surface area (Å²) in [5.74, 6) is -1.26. The van der Waals surface area contributed by atoms with Gasteiger partial charge in [-0.15, -0.1) is 0 Å². The molecule has 0 spiro atoms. The molecule has 0 aliphatic rings. The molecule has 0 atom stereocenters. The fraction of sp³-hybridized carbons (Fsp3) is 0.750. The number of hydrazone groups is 1. The Morgan fingerprint density at radius 1 is 1.31 bits per heavy atom. The highest BCUT2D eigenvalue weighted by molar-refractivity contribution is 7.51. The maximum atomic E-state index is 12.0. The van der Waals surface area contributed by atoms with Gasteiger partial charge in [0.15, 0.2) is 0 Å². The zero-order chi connectivity index (χ0) is 12.8. The molecule has 16 heavy (non-hydrogen) atoms. The lowest BCUT2D eigenvalue weighted by Crippen LogP contribution is -2.16. The number of hydrogen-bond donors (Lipinski definition) is 2. The van der Waals surface area contributed by atoms with Gasteiger partial charge in [-0.3, -0.25) is 9.05 Å². The first-order valence-electron chi connectivity index (χ1n) is 4.75. The first-order chi connectivity index (χ1) is 7.25. The molecule has 94 valence electrons. The van der Waals surface area contributed by atoms with Gasteiger partial charge in [-0.25, -0.2) is 14.6 Å². The number of nitrogens with one attached hydrogen (secondary N) is 1. The summed E-state index contributed by atoms with van der Waals surface area (Å²) in [7, 11) is -3.60. The fourth-order valence-electron chi connectivity index (χ4n) is 0.782. The fourth-order valence-corrected chi connectivity index (χ4v) is 2.24. The van der Waals surface area contributed by atoms with Crippen LogP contribution in [0.5, 0.6) is 0 Å². The summed E-state index contributed by atoms with van der Waals surface area (Å²) >= 11 is 0. The van der Waals surface area contributed by atoms with E-state index in [0.717, 1.165) is 0 Å². The molecule has 0 heterocycles. The molecule has 7 nitrogen and oxygen atoms in total. The van der Waals surface area contributed by atoms with E-state index in [1.807, 2.05) is 0 Å². The second-order valence-corrected chi connectivity index (χ2v) is 5.12. The van der Waals surface area contributed by atoms with Crippen LogP contribution in [-0.4, -0.2) is 29.5 Å². The number of hydrogen-bond acceptors (Lipinski definition) is 5. The number of carboxylic acid groups (broad SMARTS) is 1. The summed E-state index contributed by atoms with van der Waals surface area (Å²) in [5, 5.41) is 13.7. The first kappa shape index (κ1) is 15.1. The number of carboxylic acids is 1. The van der Waals surface area contributed by atoms with Gasteiger partial charge in [0, 0.05) is 0 Å². The number of aliphatic carboxylic acids is 1. The van der Waals surface area contributed by atoms with Crippen LogP contribution >= 0.6 is 7.75 Å². The van der Waals surface area contributed by atoms with Gasteiger partial charge in [-0.1, -0.05) is 0 Å². The van der Waals surface area contributed by atoms with Crippen molar-refractivity contribution in [2.45, 2.75) is 39.9 Å². The summed E-state index contributed by atoms with van der Waals surface area (Å²) < 4.78 is 22.0. The number of nitrogens with zero attached hydrogens (tertiary/aromatic N) is 1. The zero-order valence-electron chi connectivity index (χ0n) is 9.71. The molecule has 0 aromatic heterocycles. The summed E-state index contributed by atoms with van der Waals surface area (Å²) in [4.78, 5) is 10.2. The SMILES string of the molecule is CC(C)OP(=O)(NN=CC(=O)O)OC(C)C. The molecule has 0 aliphatic carbocycles. The van der Waals surface area contributed by atoms with Crippen molar-refractivity contribution in [1.29, 1.82) is 0 Å². The third-order valence-electron chi connectivity index (χ3n) is 1.05. The summed E-state index contributed by atoms with van der Waals surface area (Å²) in [5.41, 5.74) is 0. The minimum atomic E-state index is -3.60. The molecule has 0 saturated carbocycles. The summed E-state index contributed by atoms with van der Waals surface area (Å²) in [6, 6.07) is 0. The average molecular weight is 252 g/mol. The summed E-state index contributed by atoms with van der Waals surface area (Å²) in [6.45, 7) is 6.72. The molecule has 0 unspecified atom stereocenters. The van der Waals surface area contributed by atoms with Crippen LogP contribution in [0, 0.1) is 0 Å². The third kappa shape index (κ3) is 7.39. The van der Waals surface area contributed by atoms with E-state index in [0.29, 0.717) is 6.21 Å². The van der Waals surface area contributed by atoms with Crippen LogP contribution in [0.2, 0.25) is 0 Å². The van der Waals surface area contributed by atoms with E-state index >= 15 is 0 Å². The lowest BCUT2D eigenvalue weighted by Gasteiger charge is -2.21. The highest BCUT2D eigenvalue weighted by atomic mass is 31.2. The van der Waals surface area contributed by atoms with Gasteiger partial charge in [0.2, 0.25) is 0 Å². The van der Waals surface area contributed by atoms with E-state index in [9.17, 15) is 9.36 Å². The Bertz CT molecular complexity index is 289. The molecule has 0 fully saturated rings. The Labute approximate surface area is 94.4 Å². The van der Waals surface area contributed by atoms with Gasteiger partial charge < -0.3 is 5.11 Å². The molecule has 0 aromatic carbocycles. The van der Waals surface area contributed by atoms with Gasteiger partial charge in [-0.05, 0) is 27.7 Å². The molecule has 8 heteroatoms. The van der Waals surface area contributed by atoms with Crippen molar-refractivity contribution < 1.29 is 23.5 Å². The normalized spacial score (nSPS) is 12.6. The molecule has 0 radical (unpaired) electrons. The van der Waals surface area contributed by atoms with Crippen molar-refractivity contribution >= 4 is 19.9 Å². The van der Waals surface area contributed by atoms with Gasteiger partial charge in [-0.2, -0.15) is 5.10 Å². The molecule has 0 amide bonds. The number of rotatable bonds is 7. The van der Waals surface area contributed by atoms with Crippen LogP contribution < -0.4 is 5.20 Å². The molecular weight excluding hydrogens is 235 g/mol. The van der Waals surface area contributed by atoms with Crippen molar-refractivity contribution in [2.24, 2.45) is 5.10 Å². The van der Waals surface area contributed by atoms with Crippen LogP contribution in [0.3, 0.4) is 0 Å². The monoisotopic (exact) mass is 252 g/mol. The topological polar surface area (TPSA) is 97.2 Å². The van der Waals surface area contributed by atoms with Crippen LogP contribution in [0.1, 0.15) is 27.7 Å². The van der Waals surface area contributed by atoms with Crippen LogP contribution in [-0.2, 0) is 18.4 Å². The largest absolute Gasteiger partial charge is 0.477 e. The van der Waals surface area contributed by atoms with E-state index in [-0.39, 0.29) is 12.2 Å². The maximum Gasteiger partial charge on any atom is 0.448 e. The standard InChI is InChI=1S/C8H17N2O5P/c1-6(2)14-16(13,15-7(3)4)10-9-5-8(11)12/h5-7H,1-4H3,(H,10,13)(H,11,12). The average Bonchev–Trinajstić information content (AvgIpc) is 1.98. The Kier molecular flexibility index (Phi) is 6.25. The predicted molar refractivity (Wildman–Crippen MR) is 59.3 cm³/mol. The Hall–Kier alpha value is -0.910. The maximum absolute atomic E-state index is 12.0. The molecule has 0 bridgehead atoms. The molecule has 0 saturated heterocycles. The van der Waals surface area contributed by atoms with Crippen LogP contribution in [0.25, 0.3) is 0 Å². The van der Waals surface area contributed by atoms with Crippen molar-refractivity contribution in [2.75, 3.05) is 0 Å². The van der Waals surface area contributed by atoms with E-state index in [2.05, 4.69) is 10.3 Å². The van der Waals surface area contributed by atoms with Gasteiger partial charge in [0.25, 0.3) is 0 Å². The van der Waals surface area contributed by atoms with Crippen molar-refractivity contribution in [3.8, 4) is 0 Å². The second kappa shape index (κ2) is 6.62. The molecular formula is C8H17N2O5P. The first-order valence-corrected chi connectivity index (χ1v) is 6.29. The van der Waals surface area contributed by atoms with Gasteiger partial charge in [0.05, 0.1) is 12.2 Å². The van der Waals surface area contributed by atoms with E-state index < -0.39 is 13.7 Å². The van der Waals surface area contributed by atoms with Crippen LogP contribution in [0.4, 0.5) is 0 Å². The molecule has 0 aromatic rings. The van der Waals surface area contributed by atoms with Crippen molar-refractivity contribution in [3.05, 3.63) is 0 Å². The highest BCUT2D eigenvalue weighted by Gasteiger charge is 2.27. The minimum Gasteiger partial charge on any atom is -0.477 e. The minimum absolute atomic E-state index is 0.336. The van der Waals surface area contributed by atoms with E-state index in [1.54, 1.807) is 27.7 Å². The molecule has 0 aliphatic heterocycles. The zero-order valence-corrected chi connectivity index (χ0v) is 10.6. The third-order valence-corrected chi connectivity index (χ3v) is 2.81. The van der Waals surface area contributed by atoms with Gasteiger partial charge >= 0.3 is 13.7 Å². The second-order valence-electron chi connectivity index (χ2n) is 3.50. The molecule has 2 N–H and O–H groups in total. The van der Waals surface area contributed by atoms with E-state index in [1.165, 1.54) is 0 Å². The molecule has 0 rings (SSSR count). The van der Waals surface area contributed by atoms with E-state index in [4.69, 9.17) is 14.2 Å². The summed E-state index contributed by atoms with van der Waals surface area (Å²) in [6.07, 6.45) is -0.103. The Morgan fingerprint density at radius 2 is 1.75 bits per heavy atom. The van der Waals surface area contributed by atoms with Crippen LogP contribution in [0.15, 0.2) is 5.10 Å². The number of carbonyl (C=O) groups is 1. The van der Waals surface area contributed by atoms with Gasteiger partial charge in [0.1, 0.15) is 6.21 Å². The highest BCUT2D eigenvalue weighted by Crippen LogP contribution is 2.46. The predicted octanol–water partition coefficient (Wildman–Crippen LogP) is 1.60. The lowest BCUT2D eigenvalue weighted by molar-refractivity contribution is -0.128. The Balaban J connectivity index is 4.53. The van der Waals surface area contributed by atoms with Crippen molar-refractivity contribution in [3.63, 3.8) is 0 Å².